The van der Waals surface area contributed by atoms with Crippen LogP contribution in [0.15, 0.2) is 16.7 Å². The van der Waals surface area contributed by atoms with Crippen molar-refractivity contribution in [3.63, 3.8) is 0 Å². The van der Waals surface area contributed by atoms with E-state index >= 15 is 0 Å². The van der Waals surface area contributed by atoms with Gasteiger partial charge in [0.25, 0.3) is 5.91 Å². The van der Waals surface area contributed by atoms with Crippen molar-refractivity contribution in [1.82, 2.24) is 10.2 Å². The Hall–Kier alpha value is -1.69. The Morgan fingerprint density at radius 3 is 2.89 bits per heavy atom. The molecule has 1 amide bonds. The lowest BCUT2D eigenvalue weighted by Crippen LogP contribution is -2.26. The highest BCUT2D eigenvalue weighted by Gasteiger charge is 2.21. The molecular formula is C12H15N3O2S. The van der Waals surface area contributed by atoms with Crippen LogP contribution in [0.4, 0.5) is 5.13 Å². The van der Waals surface area contributed by atoms with E-state index in [2.05, 4.69) is 17.1 Å². The Balaban J connectivity index is 2.22. The minimum Gasteiger partial charge on any atom is -0.469 e. The molecule has 0 spiro atoms. The van der Waals surface area contributed by atoms with Crippen molar-refractivity contribution in [2.45, 2.75) is 26.7 Å². The van der Waals surface area contributed by atoms with Gasteiger partial charge in [-0.1, -0.05) is 18.3 Å². The van der Waals surface area contributed by atoms with Gasteiger partial charge >= 0.3 is 0 Å². The molecule has 2 heterocycles. The number of furan rings is 1. The van der Waals surface area contributed by atoms with Crippen molar-refractivity contribution >= 4 is 22.4 Å². The maximum atomic E-state index is 12.3. The molecule has 0 aliphatic heterocycles. The molecule has 2 aromatic heterocycles. The summed E-state index contributed by atoms with van der Waals surface area (Å²) < 4.78 is 5.34. The number of nitrogens with zero attached hydrogens (tertiary/aromatic N) is 3. The van der Waals surface area contributed by atoms with Crippen LogP contribution in [0.3, 0.4) is 0 Å². The Kier molecular flexibility index (Phi) is 3.76. The first-order valence-corrected chi connectivity index (χ1v) is 6.59. The fourth-order valence-corrected chi connectivity index (χ4v) is 2.29. The summed E-state index contributed by atoms with van der Waals surface area (Å²) in [5, 5.41) is 9.31. The standard InChI is InChI=1S/C12H15N3O2S/c1-4-5-10-9(6-7-17-10)11(16)15(3)12-14-13-8(2)18-12/h6-7H,4-5H2,1-3H3. The van der Waals surface area contributed by atoms with Gasteiger partial charge < -0.3 is 4.42 Å². The lowest BCUT2D eigenvalue weighted by atomic mass is 10.1. The first kappa shape index (κ1) is 12.8. The van der Waals surface area contributed by atoms with Crippen molar-refractivity contribution in [1.29, 1.82) is 0 Å². The van der Waals surface area contributed by atoms with E-state index < -0.39 is 0 Å². The molecule has 0 aliphatic rings. The van der Waals surface area contributed by atoms with Crippen LogP contribution >= 0.6 is 11.3 Å². The normalized spacial score (nSPS) is 10.6. The highest BCUT2D eigenvalue weighted by molar-refractivity contribution is 7.15. The average molecular weight is 265 g/mol. The van der Waals surface area contributed by atoms with E-state index in [0.29, 0.717) is 10.7 Å². The van der Waals surface area contributed by atoms with Crippen LogP contribution in [0.5, 0.6) is 0 Å². The predicted octanol–water partition coefficient (Wildman–Crippen LogP) is 2.67. The number of aryl methyl sites for hydroxylation is 2. The van der Waals surface area contributed by atoms with Gasteiger partial charge in [-0.15, -0.1) is 10.2 Å². The molecule has 0 radical (unpaired) electrons. The molecule has 0 atom stereocenters. The van der Waals surface area contributed by atoms with E-state index in [-0.39, 0.29) is 5.91 Å². The third kappa shape index (κ3) is 2.43. The first-order chi connectivity index (χ1) is 8.63. The smallest absolute Gasteiger partial charge is 0.263 e. The van der Waals surface area contributed by atoms with Crippen LogP contribution in [0.2, 0.25) is 0 Å². The zero-order valence-corrected chi connectivity index (χ0v) is 11.5. The number of hydrogen-bond donors (Lipinski definition) is 0. The number of aromatic nitrogens is 2. The van der Waals surface area contributed by atoms with Crippen LogP contribution in [0, 0.1) is 6.92 Å². The monoisotopic (exact) mass is 265 g/mol. The topological polar surface area (TPSA) is 59.2 Å². The number of carbonyl (C=O) groups excluding carboxylic acids is 1. The van der Waals surface area contributed by atoms with Crippen molar-refractivity contribution < 1.29 is 9.21 Å². The lowest BCUT2D eigenvalue weighted by Gasteiger charge is -2.12. The molecule has 0 aliphatic carbocycles. The summed E-state index contributed by atoms with van der Waals surface area (Å²) in [4.78, 5) is 13.8. The number of amides is 1. The van der Waals surface area contributed by atoms with Gasteiger partial charge in [0.1, 0.15) is 10.8 Å². The molecule has 0 unspecified atom stereocenters. The SMILES string of the molecule is CCCc1occc1C(=O)N(C)c1nnc(C)s1. The molecule has 2 rings (SSSR count). The van der Waals surface area contributed by atoms with Crippen LogP contribution in [-0.4, -0.2) is 23.2 Å². The number of rotatable bonds is 4. The van der Waals surface area contributed by atoms with Crippen LogP contribution in [0.1, 0.15) is 34.5 Å². The third-order valence-electron chi connectivity index (χ3n) is 2.56. The molecule has 0 aromatic carbocycles. The predicted molar refractivity (Wildman–Crippen MR) is 70.1 cm³/mol. The van der Waals surface area contributed by atoms with E-state index in [1.807, 2.05) is 6.92 Å². The summed E-state index contributed by atoms with van der Waals surface area (Å²) in [5.41, 5.74) is 0.604. The fourth-order valence-electron chi connectivity index (χ4n) is 1.64. The highest BCUT2D eigenvalue weighted by atomic mass is 32.1. The zero-order valence-electron chi connectivity index (χ0n) is 10.6. The molecule has 6 heteroatoms. The van der Waals surface area contributed by atoms with Gasteiger partial charge in [0.15, 0.2) is 0 Å². The Morgan fingerprint density at radius 1 is 1.50 bits per heavy atom. The molecular weight excluding hydrogens is 250 g/mol. The molecule has 2 aromatic rings. The minimum absolute atomic E-state index is 0.108. The second kappa shape index (κ2) is 5.30. The summed E-state index contributed by atoms with van der Waals surface area (Å²) in [7, 11) is 1.70. The number of carbonyl (C=O) groups is 1. The van der Waals surface area contributed by atoms with Gasteiger partial charge in [0.2, 0.25) is 5.13 Å². The first-order valence-electron chi connectivity index (χ1n) is 5.78. The zero-order chi connectivity index (χ0) is 13.1. The van der Waals surface area contributed by atoms with Crippen molar-refractivity contribution in [2.75, 3.05) is 11.9 Å². The van der Waals surface area contributed by atoms with Crippen molar-refractivity contribution in [2.24, 2.45) is 0 Å². The largest absolute Gasteiger partial charge is 0.469 e. The van der Waals surface area contributed by atoms with Crippen LogP contribution < -0.4 is 4.90 Å². The van der Waals surface area contributed by atoms with Gasteiger partial charge in [-0.25, -0.2) is 0 Å². The Bertz CT molecular complexity index is 547. The van der Waals surface area contributed by atoms with E-state index in [4.69, 9.17) is 4.42 Å². The summed E-state index contributed by atoms with van der Waals surface area (Å²) in [6.07, 6.45) is 3.25. The second-order valence-corrected chi connectivity index (χ2v) is 5.14. The summed E-state index contributed by atoms with van der Waals surface area (Å²) >= 11 is 1.39. The van der Waals surface area contributed by atoms with Gasteiger partial charge in [0, 0.05) is 13.5 Å². The highest BCUT2D eigenvalue weighted by Crippen LogP contribution is 2.22. The van der Waals surface area contributed by atoms with Gasteiger partial charge in [-0.05, 0) is 19.4 Å². The second-order valence-electron chi connectivity index (χ2n) is 3.98. The van der Waals surface area contributed by atoms with E-state index in [0.717, 1.165) is 23.6 Å². The molecule has 0 saturated carbocycles. The fraction of sp³-hybridized carbons (Fsp3) is 0.417. The van der Waals surface area contributed by atoms with E-state index in [1.165, 1.54) is 16.2 Å². The maximum Gasteiger partial charge on any atom is 0.263 e. The molecule has 96 valence electrons. The Morgan fingerprint density at radius 2 is 2.28 bits per heavy atom. The molecule has 0 N–H and O–H groups in total. The van der Waals surface area contributed by atoms with Gasteiger partial charge in [-0.3, -0.25) is 9.69 Å². The van der Waals surface area contributed by atoms with Crippen LogP contribution in [-0.2, 0) is 6.42 Å². The summed E-state index contributed by atoms with van der Waals surface area (Å²) in [6, 6.07) is 1.71. The summed E-state index contributed by atoms with van der Waals surface area (Å²) in [5.74, 6) is 0.624. The van der Waals surface area contributed by atoms with Gasteiger partial charge in [-0.2, -0.15) is 0 Å². The molecule has 0 fully saturated rings. The minimum atomic E-state index is -0.108. The van der Waals surface area contributed by atoms with Crippen molar-refractivity contribution in [3.05, 3.63) is 28.7 Å². The van der Waals surface area contributed by atoms with Crippen molar-refractivity contribution in [3.8, 4) is 0 Å². The lowest BCUT2D eigenvalue weighted by molar-refractivity contribution is 0.0991. The molecule has 0 saturated heterocycles. The van der Waals surface area contributed by atoms with E-state index in [1.54, 1.807) is 19.4 Å². The molecule has 0 bridgehead atoms. The third-order valence-corrected chi connectivity index (χ3v) is 3.47. The number of hydrogen-bond acceptors (Lipinski definition) is 5. The van der Waals surface area contributed by atoms with Gasteiger partial charge in [0.05, 0.1) is 11.8 Å². The number of anilines is 1. The van der Waals surface area contributed by atoms with E-state index in [9.17, 15) is 4.79 Å². The molecule has 18 heavy (non-hydrogen) atoms. The molecule has 5 nitrogen and oxygen atoms in total. The Labute approximate surface area is 109 Å². The average Bonchev–Trinajstić information content (AvgIpc) is 2.97. The quantitative estimate of drug-likeness (QED) is 0.852. The van der Waals surface area contributed by atoms with Crippen LogP contribution in [0.25, 0.3) is 0 Å². The summed E-state index contributed by atoms with van der Waals surface area (Å²) in [6.45, 7) is 3.91. The maximum absolute atomic E-state index is 12.3.